The molecule has 0 atom stereocenters. The molecule has 0 amide bonds. The van der Waals surface area contributed by atoms with Gasteiger partial charge >= 0.3 is 0 Å². The van der Waals surface area contributed by atoms with Crippen molar-refractivity contribution in [1.29, 1.82) is 0 Å². The third kappa shape index (κ3) is 2.77. The minimum atomic E-state index is 0.861. The Bertz CT molecular complexity index is 700. The SMILES string of the molecule is Cn1c(-c2ccccc2)cnc1Cc1ccc(I)cc1. The predicted octanol–water partition coefficient (Wildman–Crippen LogP) is 4.28. The molecule has 2 aromatic carbocycles. The first kappa shape index (κ1) is 13.4. The van der Waals surface area contributed by atoms with E-state index >= 15 is 0 Å². The minimum Gasteiger partial charge on any atom is -0.331 e. The zero-order valence-electron chi connectivity index (χ0n) is 11.3. The first-order chi connectivity index (χ1) is 9.74. The van der Waals surface area contributed by atoms with E-state index in [9.17, 15) is 0 Å². The molecule has 100 valence electrons. The number of hydrogen-bond acceptors (Lipinski definition) is 1. The molecular weight excluding hydrogens is 359 g/mol. The van der Waals surface area contributed by atoms with Crippen molar-refractivity contribution in [2.45, 2.75) is 6.42 Å². The molecule has 0 aliphatic carbocycles. The van der Waals surface area contributed by atoms with E-state index in [0.29, 0.717) is 0 Å². The molecule has 0 radical (unpaired) electrons. The Morgan fingerprint density at radius 2 is 1.70 bits per heavy atom. The van der Waals surface area contributed by atoms with Crippen LogP contribution in [0, 0.1) is 3.57 Å². The number of hydrogen-bond donors (Lipinski definition) is 0. The molecule has 2 nitrogen and oxygen atoms in total. The second kappa shape index (κ2) is 5.79. The molecule has 3 aromatic rings. The highest BCUT2D eigenvalue weighted by Gasteiger charge is 2.08. The number of rotatable bonds is 3. The van der Waals surface area contributed by atoms with Gasteiger partial charge in [-0.25, -0.2) is 4.98 Å². The summed E-state index contributed by atoms with van der Waals surface area (Å²) in [6.07, 6.45) is 2.82. The highest BCUT2D eigenvalue weighted by molar-refractivity contribution is 14.1. The van der Waals surface area contributed by atoms with Crippen LogP contribution in [0.25, 0.3) is 11.3 Å². The van der Waals surface area contributed by atoms with Crippen molar-refractivity contribution in [2.75, 3.05) is 0 Å². The lowest BCUT2D eigenvalue weighted by molar-refractivity contribution is 0.827. The maximum atomic E-state index is 4.57. The topological polar surface area (TPSA) is 17.8 Å². The molecule has 1 heterocycles. The number of imidazole rings is 1. The Balaban J connectivity index is 1.89. The third-order valence-electron chi connectivity index (χ3n) is 3.43. The van der Waals surface area contributed by atoms with E-state index in [1.165, 1.54) is 14.7 Å². The summed E-state index contributed by atoms with van der Waals surface area (Å²) in [4.78, 5) is 4.57. The van der Waals surface area contributed by atoms with E-state index in [2.05, 4.69) is 87.7 Å². The maximum Gasteiger partial charge on any atom is 0.113 e. The van der Waals surface area contributed by atoms with Crippen LogP contribution in [0.3, 0.4) is 0 Å². The second-order valence-electron chi connectivity index (χ2n) is 4.79. The van der Waals surface area contributed by atoms with Crippen LogP contribution in [0.4, 0.5) is 0 Å². The Morgan fingerprint density at radius 1 is 1.00 bits per heavy atom. The Kier molecular flexibility index (Phi) is 3.87. The van der Waals surface area contributed by atoms with Crippen molar-refractivity contribution in [3.63, 3.8) is 0 Å². The summed E-state index contributed by atoms with van der Waals surface area (Å²) in [6, 6.07) is 19.0. The fourth-order valence-electron chi connectivity index (χ4n) is 2.27. The lowest BCUT2D eigenvalue weighted by atomic mass is 10.1. The Morgan fingerprint density at radius 3 is 2.40 bits per heavy atom. The largest absolute Gasteiger partial charge is 0.331 e. The van der Waals surface area contributed by atoms with Gasteiger partial charge in [0.05, 0.1) is 11.9 Å². The van der Waals surface area contributed by atoms with E-state index in [0.717, 1.165) is 17.9 Å². The fourth-order valence-corrected chi connectivity index (χ4v) is 2.63. The number of benzene rings is 2. The van der Waals surface area contributed by atoms with Gasteiger partial charge in [0.2, 0.25) is 0 Å². The number of halogens is 1. The van der Waals surface area contributed by atoms with Crippen LogP contribution >= 0.6 is 22.6 Å². The Labute approximate surface area is 132 Å². The number of nitrogens with zero attached hydrogens (tertiary/aromatic N) is 2. The molecule has 0 aliphatic rings. The summed E-state index contributed by atoms with van der Waals surface area (Å²) >= 11 is 2.33. The lowest BCUT2D eigenvalue weighted by Crippen LogP contribution is -2.00. The van der Waals surface area contributed by atoms with E-state index in [4.69, 9.17) is 0 Å². The average molecular weight is 374 g/mol. The Hall–Kier alpha value is -1.62. The van der Waals surface area contributed by atoms with Crippen LogP contribution in [0.2, 0.25) is 0 Å². The molecule has 0 aliphatic heterocycles. The lowest BCUT2D eigenvalue weighted by Gasteiger charge is -2.06. The zero-order chi connectivity index (χ0) is 13.9. The normalized spacial score (nSPS) is 10.7. The summed E-state index contributed by atoms with van der Waals surface area (Å²) in [7, 11) is 2.08. The van der Waals surface area contributed by atoms with Crippen molar-refractivity contribution < 1.29 is 0 Å². The predicted molar refractivity (Wildman–Crippen MR) is 90.6 cm³/mol. The van der Waals surface area contributed by atoms with Crippen molar-refractivity contribution in [2.24, 2.45) is 7.05 Å². The van der Waals surface area contributed by atoms with Gasteiger partial charge in [-0.3, -0.25) is 0 Å². The summed E-state index contributed by atoms with van der Waals surface area (Å²) in [5.74, 6) is 1.09. The van der Waals surface area contributed by atoms with Gasteiger partial charge < -0.3 is 4.57 Å². The summed E-state index contributed by atoms with van der Waals surface area (Å²) in [5.41, 5.74) is 3.65. The van der Waals surface area contributed by atoms with Gasteiger partial charge in [-0.15, -0.1) is 0 Å². The van der Waals surface area contributed by atoms with Crippen LogP contribution in [0.5, 0.6) is 0 Å². The molecule has 0 saturated heterocycles. The van der Waals surface area contributed by atoms with Gasteiger partial charge in [-0.2, -0.15) is 0 Å². The monoisotopic (exact) mass is 374 g/mol. The molecule has 0 unspecified atom stereocenters. The fraction of sp³-hybridized carbons (Fsp3) is 0.118. The van der Waals surface area contributed by atoms with Crippen molar-refractivity contribution in [3.8, 4) is 11.3 Å². The molecule has 0 saturated carbocycles. The molecule has 3 rings (SSSR count). The van der Waals surface area contributed by atoms with E-state index in [-0.39, 0.29) is 0 Å². The maximum absolute atomic E-state index is 4.57. The van der Waals surface area contributed by atoms with Crippen LogP contribution in [-0.2, 0) is 13.5 Å². The summed E-state index contributed by atoms with van der Waals surface area (Å²) in [6.45, 7) is 0. The minimum absolute atomic E-state index is 0.861. The molecule has 20 heavy (non-hydrogen) atoms. The summed E-state index contributed by atoms with van der Waals surface area (Å²) < 4.78 is 3.43. The van der Waals surface area contributed by atoms with Gasteiger partial charge in [-0.05, 0) is 45.9 Å². The van der Waals surface area contributed by atoms with E-state index in [1.54, 1.807) is 0 Å². The number of aromatic nitrogens is 2. The van der Waals surface area contributed by atoms with Gasteiger partial charge in [0, 0.05) is 17.0 Å². The van der Waals surface area contributed by atoms with Gasteiger partial charge in [0.25, 0.3) is 0 Å². The van der Waals surface area contributed by atoms with Crippen molar-refractivity contribution in [1.82, 2.24) is 9.55 Å². The van der Waals surface area contributed by atoms with E-state index in [1.807, 2.05) is 12.3 Å². The van der Waals surface area contributed by atoms with Crippen molar-refractivity contribution >= 4 is 22.6 Å². The molecular formula is C17H15IN2. The zero-order valence-corrected chi connectivity index (χ0v) is 13.4. The van der Waals surface area contributed by atoms with Gasteiger partial charge in [0.15, 0.2) is 0 Å². The molecule has 0 spiro atoms. The second-order valence-corrected chi connectivity index (χ2v) is 6.03. The highest BCUT2D eigenvalue weighted by atomic mass is 127. The molecule has 0 bridgehead atoms. The first-order valence-electron chi connectivity index (χ1n) is 6.54. The highest BCUT2D eigenvalue weighted by Crippen LogP contribution is 2.20. The van der Waals surface area contributed by atoms with E-state index < -0.39 is 0 Å². The average Bonchev–Trinajstić information content (AvgIpc) is 2.84. The van der Waals surface area contributed by atoms with Crippen LogP contribution in [-0.4, -0.2) is 9.55 Å². The summed E-state index contributed by atoms with van der Waals surface area (Å²) in [5, 5.41) is 0. The first-order valence-corrected chi connectivity index (χ1v) is 7.62. The van der Waals surface area contributed by atoms with Crippen LogP contribution in [0.1, 0.15) is 11.4 Å². The molecule has 3 heteroatoms. The van der Waals surface area contributed by atoms with Gasteiger partial charge in [0.1, 0.15) is 5.82 Å². The molecule has 1 aromatic heterocycles. The molecule has 0 fully saturated rings. The standard InChI is InChI=1S/C17H15IN2/c1-20-16(14-5-3-2-4-6-14)12-19-17(20)11-13-7-9-15(18)10-8-13/h2-10,12H,11H2,1H3. The third-order valence-corrected chi connectivity index (χ3v) is 4.15. The van der Waals surface area contributed by atoms with Crippen LogP contribution in [0.15, 0.2) is 60.8 Å². The van der Waals surface area contributed by atoms with Crippen molar-refractivity contribution in [3.05, 3.63) is 75.8 Å². The van der Waals surface area contributed by atoms with Gasteiger partial charge in [-0.1, -0.05) is 42.5 Å². The van der Waals surface area contributed by atoms with Crippen LogP contribution < -0.4 is 0 Å². The quantitative estimate of drug-likeness (QED) is 0.626. The smallest absolute Gasteiger partial charge is 0.113 e. The molecule has 0 N–H and O–H groups in total.